The SMILES string of the molecule is CC(C)(C)OC(=O)N(c1cc(N2CCOCC2)nc(-c2nc(CF)cs2)n1)C1CCC(F)(F)CC1.CC(C)(C)OC(=O)N(c1cc(N2CCOCC2)nc(-c2nc(CO)cs2)n1)C1CCC(F)(F)CC1.FCc1csc(-c2nc(NC3CCC(F)(F)CC3)cc(N3CCOCC3)n2)n1. The Morgan fingerprint density at radius 1 is 0.510 bits per heavy atom. The number of nitrogens with zero attached hydrogens (tertiary/aromatic N) is 14. The molecule has 0 unspecified atom stereocenters. The second kappa shape index (κ2) is 32.2. The first kappa shape index (κ1) is 73.9. The minimum Gasteiger partial charge on any atom is -0.443 e. The van der Waals surface area contributed by atoms with Crippen molar-refractivity contribution in [2.75, 3.05) is 109 Å². The zero-order valence-corrected chi connectivity index (χ0v) is 58.1. The topological polar surface area (TPSA) is 245 Å². The van der Waals surface area contributed by atoms with Crippen molar-refractivity contribution in [3.8, 4) is 32.5 Å². The second-order valence-corrected chi connectivity index (χ2v) is 29.1. The quantitative estimate of drug-likeness (QED) is 0.0907. The van der Waals surface area contributed by atoms with E-state index in [-0.39, 0.29) is 100 Å². The van der Waals surface area contributed by atoms with E-state index in [1.165, 1.54) is 43.8 Å². The van der Waals surface area contributed by atoms with Gasteiger partial charge in [0, 0.05) is 130 Å². The summed E-state index contributed by atoms with van der Waals surface area (Å²) in [5.41, 5.74) is -0.454. The van der Waals surface area contributed by atoms with Gasteiger partial charge in [0.25, 0.3) is 0 Å². The van der Waals surface area contributed by atoms with Gasteiger partial charge in [0.1, 0.15) is 59.5 Å². The predicted molar refractivity (Wildman–Crippen MR) is 357 cm³/mol. The summed E-state index contributed by atoms with van der Waals surface area (Å²) in [6.45, 7) is 16.1. The zero-order valence-electron chi connectivity index (χ0n) is 55.6. The van der Waals surface area contributed by atoms with Gasteiger partial charge in [-0.1, -0.05) is 0 Å². The molecule has 3 aliphatic heterocycles. The lowest BCUT2D eigenvalue weighted by Crippen LogP contribution is -2.47. The number of rotatable bonds is 15. The highest BCUT2D eigenvalue weighted by atomic mass is 32.1. The molecule has 2 amide bonds. The molecule has 3 saturated heterocycles. The average Bonchev–Trinajstić information content (AvgIpc) is 0.914. The number of carbonyl (C=O) groups is 2. The van der Waals surface area contributed by atoms with Crippen molar-refractivity contribution in [3.05, 3.63) is 51.4 Å². The van der Waals surface area contributed by atoms with Crippen LogP contribution in [-0.2, 0) is 43.6 Å². The van der Waals surface area contributed by atoms with Gasteiger partial charge in [-0.25, -0.2) is 89.6 Å². The Hall–Kier alpha value is -6.85. The molecule has 98 heavy (non-hydrogen) atoms. The van der Waals surface area contributed by atoms with Crippen LogP contribution >= 0.6 is 34.0 Å². The number of amides is 2. The van der Waals surface area contributed by atoms with Gasteiger partial charge in [-0.15, -0.1) is 34.0 Å². The van der Waals surface area contributed by atoms with Gasteiger partial charge in [-0.3, -0.25) is 9.80 Å². The smallest absolute Gasteiger partial charge is 0.416 e. The van der Waals surface area contributed by atoms with E-state index in [1.807, 2.05) is 15.9 Å². The van der Waals surface area contributed by atoms with Gasteiger partial charge in [-0.2, -0.15) is 0 Å². The third kappa shape index (κ3) is 20.4. The number of hydrogen-bond donors (Lipinski definition) is 2. The highest BCUT2D eigenvalue weighted by molar-refractivity contribution is 7.13. The van der Waals surface area contributed by atoms with Crippen molar-refractivity contribution in [1.29, 1.82) is 0 Å². The molecule has 6 aromatic rings. The maximum atomic E-state index is 13.9. The molecule has 0 radical (unpaired) electrons. The van der Waals surface area contributed by atoms with Crippen LogP contribution in [0.5, 0.6) is 0 Å². The van der Waals surface area contributed by atoms with Crippen molar-refractivity contribution >= 4 is 81.1 Å². The van der Waals surface area contributed by atoms with Crippen molar-refractivity contribution in [2.45, 2.75) is 186 Å². The maximum Gasteiger partial charge on any atom is 0.416 e. The molecule has 536 valence electrons. The summed E-state index contributed by atoms with van der Waals surface area (Å²) in [5.74, 6) is -4.14. The van der Waals surface area contributed by atoms with Crippen LogP contribution in [0.25, 0.3) is 32.5 Å². The van der Waals surface area contributed by atoms with Crippen molar-refractivity contribution in [1.82, 2.24) is 44.9 Å². The molecule has 2 N–H and O–H groups in total. The number of anilines is 6. The average molecular weight is 1440 g/mol. The molecule has 12 rings (SSSR count). The normalized spacial score (nSPS) is 19.4. The highest BCUT2D eigenvalue weighted by Crippen LogP contribution is 2.41. The molecule has 0 bridgehead atoms. The number of nitrogens with one attached hydrogen (secondary N) is 1. The molecule has 3 saturated carbocycles. The van der Waals surface area contributed by atoms with Crippen LogP contribution in [0.4, 0.5) is 79.6 Å². The molecular formula is C64H83F8N15O8S3. The lowest BCUT2D eigenvalue weighted by Gasteiger charge is -2.37. The molecule has 0 atom stereocenters. The third-order valence-electron chi connectivity index (χ3n) is 16.6. The van der Waals surface area contributed by atoms with Crippen LogP contribution in [0, 0.1) is 0 Å². The Balaban J connectivity index is 0.000000160. The first-order chi connectivity index (χ1) is 46.6. The molecule has 23 nitrogen and oxygen atoms in total. The second-order valence-electron chi connectivity index (χ2n) is 26.6. The number of ether oxygens (including phenoxy) is 5. The van der Waals surface area contributed by atoms with Crippen LogP contribution in [0.1, 0.15) is 136 Å². The summed E-state index contributed by atoms with van der Waals surface area (Å²) < 4.78 is 136. The van der Waals surface area contributed by atoms with Crippen LogP contribution in [0.15, 0.2) is 34.3 Å². The zero-order chi connectivity index (χ0) is 70.0. The van der Waals surface area contributed by atoms with E-state index in [4.69, 9.17) is 23.7 Å². The van der Waals surface area contributed by atoms with Crippen LogP contribution in [-0.4, -0.2) is 188 Å². The first-order valence-corrected chi connectivity index (χ1v) is 35.4. The van der Waals surface area contributed by atoms with Gasteiger partial charge in [-0.05, 0) is 80.1 Å². The Kier molecular flexibility index (Phi) is 24.3. The lowest BCUT2D eigenvalue weighted by molar-refractivity contribution is -0.0392. The van der Waals surface area contributed by atoms with Crippen LogP contribution < -0.4 is 29.8 Å². The number of aliphatic hydroxyl groups is 1. The van der Waals surface area contributed by atoms with Crippen molar-refractivity contribution in [3.63, 3.8) is 0 Å². The standard InChI is InChI=1S/C23H30F3N5O3S.C23H31F2N5O4S.C18H22F3N5OS/c1-22(2,3)34-21(32)31(16-4-6-23(25,26)7-5-16)18-12-17(30-8-10-33-11-9-30)28-19(29-18)20-27-15(13-24)14-35-20;1-22(2,3)34-21(32)30(16-4-6-23(24,25)7-5-16)18-12-17(29-8-10-33-11-9-29)27-19(28-18)20-26-15(13-31)14-35-20;19-10-13-11-28-17(23-13)16-24-14(22-12-1-3-18(20,21)4-2-12)9-15(25-16)26-5-7-27-8-6-26/h12,14,16H,4-11,13H2,1-3H3;12,14,16,31H,4-11,13H2,1-3H3;9,11-12H,1-8,10H2,(H,22,24,25). The van der Waals surface area contributed by atoms with E-state index in [9.17, 15) is 49.8 Å². The summed E-state index contributed by atoms with van der Waals surface area (Å²) in [4.78, 5) is 76.3. The van der Waals surface area contributed by atoms with Crippen LogP contribution in [0.2, 0.25) is 0 Å². The van der Waals surface area contributed by atoms with E-state index in [1.54, 1.807) is 69.8 Å². The van der Waals surface area contributed by atoms with Gasteiger partial charge in [0.05, 0.1) is 63.3 Å². The molecule has 3 aliphatic carbocycles. The Morgan fingerprint density at radius 3 is 1.16 bits per heavy atom. The fourth-order valence-electron chi connectivity index (χ4n) is 11.6. The minimum absolute atomic E-state index is 0.0578. The highest BCUT2D eigenvalue weighted by Gasteiger charge is 2.43. The summed E-state index contributed by atoms with van der Waals surface area (Å²) in [7, 11) is 0. The number of morpholine rings is 3. The number of aliphatic hydroxyl groups excluding tert-OH is 1. The van der Waals surface area contributed by atoms with Gasteiger partial charge >= 0.3 is 12.2 Å². The summed E-state index contributed by atoms with van der Waals surface area (Å²) in [5, 5.41) is 19.1. The summed E-state index contributed by atoms with van der Waals surface area (Å²) >= 11 is 3.78. The number of carbonyl (C=O) groups excluding carboxylic acids is 2. The predicted octanol–water partition coefficient (Wildman–Crippen LogP) is 13.4. The Labute approximate surface area is 575 Å². The molecule has 6 fully saturated rings. The monoisotopic (exact) mass is 1440 g/mol. The van der Waals surface area contributed by atoms with E-state index >= 15 is 0 Å². The van der Waals surface area contributed by atoms with E-state index in [2.05, 4.69) is 55.1 Å². The van der Waals surface area contributed by atoms with Gasteiger partial charge < -0.3 is 48.8 Å². The molecule has 0 spiro atoms. The number of alkyl halides is 8. The van der Waals surface area contributed by atoms with E-state index in [0.29, 0.717) is 147 Å². The molecule has 6 aromatic heterocycles. The van der Waals surface area contributed by atoms with Crippen molar-refractivity contribution in [2.24, 2.45) is 0 Å². The molecule has 34 heteroatoms. The fourth-order valence-corrected chi connectivity index (χ4v) is 13.8. The molecular weight excluding hydrogens is 1350 g/mol. The fraction of sp³-hybridized carbons (Fsp3) is 0.641. The maximum absolute atomic E-state index is 13.9. The third-order valence-corrected chi connectivity index (χ3v) is 19.3. The minimum atomic E-state index is -2.75. The number of thiazole rings is 3. The number of halogens is 8. The Morgan fingerprint density at radius 2 is 0.837 bits per heavy atom. The first-order valence-electron chi connectivity index (χ1n) is 32.8. The summed E-state index contributed by atoms with van der Waals surface area (Å²) in [6, 6.07) is 4.15. The Bertz CT molecular complexity index is 3430. The summed E-state index contributed by atoms with van der Waals surface area (Å²) in [6.07, 6.45) is -1.53. The largest absolute Gasteiger partial charge is 0.443 e. The number of hydrogen-bond acceptors (Lipinski definition) is 24. The number of aromatic nitrogens is 9. The molecule has 0 aromatic carbocycles. The molecule has 6 aliphatic rings. The van der Waals surface area contributed by atoms with Gasteiger partial charge in [0.15, 0.2) is 32.5 Å². The molecule has 9 heterocycles. The van der Waals surface area contributed by atoms with Gasteiger partial charge in [0.2, 0.25) is 17.8 Å². The van der Waals surface area contributed by atoms with E-state index < -0.39 is 66.6 Å². The van der Waals surface area contributed by atoms with E-state index in [0.717, 1.165) is 5.82 Å². The van der Waals surface area contributed by atoms with Crippen molar-refractivity contribution < 1.29 is 73.5 Å². The van der Waals surface area contributed by atoms with Crippen LogP contribution in [0.3, 0.4) is 0 Å². The lowest BCUT2D eigenvalue weighted by atomic mass is 9.91.